The highest BCUT2D eigenvalue weighted by molar-refractivity contribution is 5.98. The summed E-state index contributed by atoms with van der Waals surface area (Å²) in [5.74, 6) is -0.184. The molecule has 0 atom stereocenters. The number of anilines is 1. The van der Waals surface area contributed by atoms with Crippen molar-refractivity contribution >= 4 is 11.6 Å². The number of aryl methyl sites for hydroxylation is 2. The number of nitrogens with zero attached hydrogens (tertiary/aromatic N) is 2. The van der Waals surface area contributed by atoms with Crippen molar-refractivity contribution in [2.45, 2.75) is 32.6 Å². The molecule has 1 aromatic rings. The fraction of sp³-hybridized carbons (Fsp3) is 0.692. The number of carbonyl (C=O) groups excluding carboxylic acids is 1. The van der Waals surface area contributed by atoms with E-state index in [4.69, 9.17) is 10.8 Å². The zero-order valence-corrected chi connectivity index (χ0v) is 11.6. The van der Waals surface area contributed by atoms with E-state index < -0.39 is 0 Å². The van der Waals surface area contributed by atoms with Gasteiger partial charge in [0.15, 0.2) is 0 Å². The first-order chi connectivity index (χ1) is 9.03. The molecular weight excluding hydrogens is 244 g/mol. The van der Waals surface area contributed by atoms with Crippen molar-refractivity contribution < 1.29 is 9.90 Å². The summed E-state index contributed by atoms with van der Waals surface area (Å²) in [6.45, 7) is 2.73. The Morgan fingerprint density at radius 2 is 2.26 bits per heavy atom. The molecule has 0 unspecified atom stereocenters. The number of aliphatic hydroxyl groups excluding tert-OH is 1. The van der Waals surface area contributed by atoms with Gasteiger partial charge in [-0.05, 0) is 31.1 Å². The summed E-state index contributed by atoms with van der Waals surface area (Å²) < 4.78 is 1.54. The van der Waals surface area contributed by atoms with E-state index in [1.807, 2.05) is 6.92 Å². The monoisotopic (exact) mass is 266 g/mol. The molecular formula is C13H22N4O2. The molecule has 0 bridgehead atoms. The second-order valence-corrected chi connectivity index (χ2v) is 5.34. The second kappa shape index (κ2) is 5.21. The smallest absolute Gasteiger partial charge is 0.271 e. The second-order valence-electron chi connectivity index (χ2n) is 5.34. The first-order valence-corrected chi connectivity index (χ1v) is 6.73. The first-order valence-electron chi connectivity index (χ1n) is 6.73. The van der Waals surface area contributed by atoms with Crippen LogP contribution >= 0.6 is 0 Å². The molecule has 19 heavy (non-hydrogen) atoms. The van der Waals surface area contributed by atoms with Gasteiger partial charge in [-0.1, -0.05) is 6.92 Å². The molecule has 0 saturated heterocycles. The SMILES string of the molecule is CCc1nn(C)c(C(=O)NCC2(CCO)CC2)c1N. The fourth-order valence-corrected chi connectivity index (χ4v) is 2.41. The molecule has 1 aromatic heterocycles. The van der Waals surface area contributed by atoms with Gasteiger partial charge in [-0.2, -0.15) is 5.10 Å². The Balaban J connectivity index is 2.02. The van der Waals surface area contributed by atoms with E-state index in [-0.39, 0.29) is 17.9 Å². The zero-order valence-electron chi connectivity index (χ0n) is 11.6. The van der Waals surface area contributed by atoms with Crippen LogP contribution in [0, 0.1) is 5.41 Å². The highest BCUT2D eigenvalue weighted by atomic mass is 16.3. The van der Waals surface area contributed by atoms with Crippen molar-refractivity contribution in [2.75, 3.05) is 18.9 Å². The van der Waals surface area contributed by atoms with Crippen molar-refractivity contribution in [1.82, 2.24) is 15.1 Å². The van der Waals surface area contributed by atoms with Crippen LogP contribution in [0.2, 0.25) is 0 Å². The minimum Gasteiger partial charge on any atom is -0.396 e. The number of aromatic nitrogens is 2. The number of nitrogens with two attached hydrogens (primary N) is 1. The number of hydrogen-bond acceptors (Lipinski definition) is 4. The van der Waals surface area contributed by atoms with Crippen molar-refractivity contribution in [3.05, 3.63) is 11.4 Å². The Kier molecular flexibility index (Phi) is 3.80. The van der Waals surface area contributed by atoms with E-state index in [1.165, 1.54) is 4.68 Å². The Morgan fingerprint density at radius 1 is 1.58 bits per heavy atom. The lowest BCUT2D eigenvalue weighted by molar-refractivity contribution is 0.0932. The summed E-state index contributed by atoms with van der Waals surface area (Å²) in [5, 5.41) is 16.2. The zero-order chi connectivity index (χ0) is 14.0. The van der Waals surface area contributed by atoms with Crippen LogP contribution in [0.4, 0.5) is 5.69 Å². The molecule has 0 radical (unpaired) electrons. The topological polar surface area (TPSA) is 93.2 Å². The Bertz CT molecular complexity index is 477. The predicted molar refractivity (Wildman–Crippen MR) is 72.7 cm³/mol. The number of nitrogens with one attached hydrogen (secondary N) is 1. The van der Waals surface area contributed by atoms with Crippen LogP contribution in [0.25, 0.3) is 0 Å². The van der Waals surface area contributed by atoms with Crippen LogP contribution in [0.15, 0.2) is 0 Å². The maximum atomic E-state index is 12.2. The van der Waals surface area contributed by atoms with Gasteiger partial charge >= 0.3 is 0 Å². The summed E-state index contributed by atoms with van der Waals surface area (Å²) in [4.78, 5) is 12.2. The van der Waals surface area contributed by atoms with E-state index in [0.717, 1.165) is 25.0 Å². The van der Waals surface area contributed by atoms with Crippen molar-refractivity contribution in [3.63, 3.8) is 0 Å². The summed E-state index contributed by atoms with van der Waals surface area (Å²) >= 11 is 0. The molecule has 2 rings (SSSR count). The average Bonchev–Trinajstić information content (AvgIpc) is 3.07. The summed E-state index contributed by atoms with van der Waals surface area (Å²) in [5.41, 5.74) is 7.70. The number of amides is 1. The molecule has 4 N–H and O–H groups in total. The fourth-order valence-electron chi connectivity index (χ4n) is 2.41. The van der Waals surface area contributed by atoms with Crippen LogP contribution in [0.3, 0.4) is 0 Å². The summed E-state index contributed by atoms with van der Waals surface area (Å²) in [7, 11) is 1.73. The maximum absolute atomic E-state index is 12.2. The third-order valence-electron chi connectivity index (χ3n) is 3.93. The normalized spacial score (nSPS) is 16.4. The van der Waals surface area contributed by atoms with Gasteiger partial charge in [0, 0.05) is 20.2 Å². The van der Waals surface area contributed by atoms with E-state index in [9.17, 15) is 4.79 Å². The van der Waals surface area contributed by atoms with Gasteiger partial charge in [-0.15, -0.1) is 0 Å². The summed E-state index contributed by atoms with van der Waals surface area (Å²) in [6, 6.07) is 0. The van der Waals surface area contributed by atoms with Crippen LogP contribution in [-0.4, -0.2) is 33.9 Å². The van der Waals surface area contributed by atoms with E-state index >= 15 is 0 Å². The van der Waals surface area contributed by atoms with Crippen molar-refractivity contribution in [3.8, 4) is 0 Å². The molecule has 0 aromatic carbocycles. The molecule has 0 aliphatic heterocycles. The molecule has 1 heterocycles. The van der Waals surface area contributed by atoms with Crippen LogP contribution in [0.1, 0.15) is 42.4 Å². The van der Waals surface area contributed by atoms with Crippen LogP contribution < -0.4 is 11.1 Å². The highest BCUT2D eigenvalue weighted by Crippen LogP contribution is 2.47. The van der Waals surface area contributed by atoms with E-state index in [2.05, 4.69) is 10.4 Å². The highest BCUT2D eigenvalue weighted by Gasteiger charge is 2.42. The maximum Gasteiger partial charge on any atom is 0.271 e. The molecule has 106 valence electrons. The lowest BCUT2D eigenvalue weighted by Crippen LogP contribution is -2.32. The molecule has 6 heteroatoms. The lowest BCUT2D eigenvalue weighted by atomic mass is 10.0. The average molecular weight is 266 g/mol. The van der Waals surface area contributed by atoms with E-state index in [1.54, 1.807) is 7.05 Å². The lowest BCUT2D eigenvalue weighted by Gasteiger charge is -2.14. The van der Waals surface area contributed by atoms with Crippen molar-refractivity contribution in [2.24, 2.45) is 12.5 Å². The molecule has 0 spiro atoms. The minimum atomic E-state index is -0.184. The third kappa shape index (κ3) is 2.73. The molecule has 1 aliphatic carbocycles. The van der Waals surface area contributed by atoms with Gasteiger partial charge in [-0.25, -0.2) is 0 Å². The number of aliphatic hydroxyl groups is 1. The van der Waals surface area contributed by atoms with Crippen LogP contribution in [0.5, 0.6) is 0 Å². The van der Waals surface area contributed by atoms with Gasteiger partial charge in [0.2, 0.25) is 0 Å². The number of rotatable bonds is 6. The minimum absolute atomic E-state index is 0.103. The van der Waals surface area contributed by atoms with Crippen molar-refractivity contribution in [1.29, 1.82) is 0 Å². The number of nitrogen functional groups attached to an aromatic ring is 1. The van der Waals surface area contributed by atoms with Gasteiger partial charge < -0.3 is 16.2 Å². The Labute approximate surface area is 113 Å². The molecule has 6 nitrogen and oxygen atoms in total. The van der Waals surface area contributed by atoms with Gasteiger partial charge in [0.05, 0.1) is 11.4 Å². The molecule has 1 fully saturated rings. The summed E-state index contributed by atoms with van der Waals surface area (Å²) in [6.07, 6.45) is 3.58. The predicted octanol–water partition coefficient (Wildman–Crippen LogP) is 0.457. The third-order valence-corrected chi connectivity index (χ3v) is 3.93. The van der Waals surface area contributed by atoms with Gasteiger partial charge in [-0.3, -0.25) is 9.48 Å². The largest absolute Gasteiger partial charge is 0.396 e. The molecule has 1 amide bonds. The Morgan fingerprint density at radius 3 is 2.74 bits per heavy atom. The van der Waals surface area contributed by atoms with Gasteiger partial charge in [0.1, 0.15) is 5.69 Å². The van der Waals surface area contributed by atoms with E-state index in [0.29, 0.717) is 24.3 Å². The quantitative estimate of drug-likeness (QED) is 0.697. The standard InChI is InChI=1S/C13H22N4O2/c1-3-9-10(14)11(17(2)16-9)12(19)15-8-13(4-5-13)6-7-18/h18H,3-8,14H2,1-2H3,(H,15,19). The number of carbonyl (C=O) groups is 1. The van der Waals surface area contributed by atoms with Gasteiger partial charge in [0.25, 0.3) is 5.91 Å². The first kappa shape index (κ1) is 13.9. The molecule has 1 aliphatic rings. The van der Waals surface area contributed by atoms with Crippen LogP contribution in [-0.2, 0) is 13.5 Å². The number of hydrogen-bond donors (Lipinski definition) is 3. The Hall–Kier alpha value is -1.56. The molecule has 1 saturated carbocycles.